The van der Waals surface area contributed by atoms with Crippen LogP contribution in [-0.4, -0.2) is 19.9 Å². The Labute approximate surface area is 127 Å². The molecule has 0 radical (unpaired) electrons. The molecule has 3 aromatic heterocycles. The number of nitrogens with zero attached hydrogens (tertiary/aromatic N) is 4. The molecule has 0 bridgehead atoms. The Morgan fingerprint density at radius 2 is 1.68 bits per heavy atom. The first-order chi connectivity index (χ1) is 10.9. The summed E-state index contributed by atoms with van der Waals surface area (Å²) >= 11 is 0. The molecule has 0 aliphatic rings. The van der Waals surface area contributed by atoms with Gasteiger partial charge in [0.05, 0.1) is 5.69 Å². The first-order valence-corrected chi connectivity index (χ1v) is 6.99. The molecule has 22 heavy (non-hydrogen) atoms. The number of hydrogen-bond donors (Lipinski definition) is 0. The molecule has 0 fully saturated rings. The topological polar surface area (TPSA) is 51.6 Å². The Morgan fingerprint density at radius 3 is 2.59 bits per heavy atom. The zero-order chi connectivity index (χ0) is 14.8. The molecule has 0 saturated carbocycles. The summed E-state index contributed by atoms with van der Waals surface area (Å²) in [6, 6.07) is 15.9. The molecule has 3 heterocycles. The van der Waals surface area contributed by atoms with Crippen LogP contribution in [0.1, 0.15) is 0 Å². The number of benzene rings is 1. The van der Waals surface area contributed by atoms with Crippen LogP contribution in [0.25, 0.3) is 33.5 Å². The molecule has 0 unspecified atom stereocenters. The standard InChI is InChI=1S/C18H12N4/c1-2-8-20-17(3-1)18-21-10-7-16(22-18)14-5-4-13-6-9-19-12-15(13)11-14/h1-12H. The Morgan fingerprint density at radius 1 is 0.682 bits per heavy atom. The lowest BCUT2D eigenvalue weighted by molar-refractivity contribution is 1.14. The predicted octanol–water partition coefficient (Wildman–Crippen LogP) is 3.75. The molecule has 0 spiro atoms. The lowest BCUT2D eigenvalue weighted by Crippen LogP contribution is -1.93. The van der Waals surface area contributed by atoms with Gasteiger partial charge in [0.1, 0.15) is 5.69 Å². The molecular formula is C18H12N4. The van der Waals surface area contributed by atoms with Gasteiger partial charge >= 0.3 is 0 Å². The third kappa shape index (κ3) is 2.31. The molecule has 4 heteroatoms. The third-order valence-corrected chi connectivity index (χ3v) is 3.49. The number of pyridine rings is 2. The summed E-state index contributed by atoms with van der Waals surface area (Å²) in [6.45, 7) is 0. The van der Waals surface area contributed by atoms with E-state index in [4.69, 9.17) is 0 Å². The third-order valence-electron chi connectivity index (χ3n) is 3.49. The van der Waals surface area contributed by atoms with Crippen molar-refractivity contribution in [1.82, 2.24) is 19.9 Å². The van der Waals surface area contributed by atoms with Crippen LogP contribution < -0.4 is 0 Å². The van der Waals surface area contributed by atoms with E-state index in [9.17, 15) is 0 Å². The molecule has 0 aliphatic carbocycles. The normalized spacial score (nSPS) is 10.7. The van der Waals surface area contributed by atoms with Gasteiger partial charge in [-0.15, -0.1) is 0 Å². The molecule has 0 saturated heterocycles. The second-order valence-electron chi connectivity index (χ2n) is 4.92. The van der Waals surface area contributed by atoms with Gasteiger partial charge in [-0.3, -0.25) is 9.97 Å². The molecule has 0 aliphatic heterocycles. The van der Waals surface area contributed by atoms with Gasteiger partial charge in [-0.05, 0) is 35.7 Å². The van der Waals surface area contributed by atoms with E-state index >= 15 is 0 Å². The lowest BCUT2D eigenvalue weighted by atomic mass is 10.1. The summed E-state index contributed by atoms with van der Waals surface area (Å²) in [5.74, 6) is 0.629. The van der Waals surface area contributed by atoms with E-state index in [1.807, 2.05) is 36.5 Å². The SMILES string of the molecule is c1ccc(-c2nccc(-c3ccc4ccncc4c3)n2)nc1. The quantitative estimate of drug-likeness (QED) is 0.562. The van der Waals surface area contributed by atoms with Crippen molar-refractivity contribution in [2.24, 2.45) is 0 Å². The van der Waals surface area contributed by atoms with Crippen LogP contribution in [0.4, 0.5) is 0 Å². The maximum atomic E-state index is 4.63. The van der Waals surface area contributed by atoms with Gasteiger partial charge in [-0.2, -0.15) is 0 Å². The Hall–Kier alpha value is -3.14. The molecule has 4 rings (SSSR count). The summed E-state index contributed by atoms with van der Waals surface area (Å²) in [6.07, 6.45) is 7.17. The van der Waals surface area contributed by atoms with E-state index in [0.29, 0.717) is 5.82 Å². The molecule has 4 aromatic rings. The Balaban J connectivity index is 1.81. The van der Waals surface area contributed by atoms with Crippen LogP contribution in [0.5, 0.6) is 0 Å². The molecule has 1 aromatic carbocycles. The van der Waals surface area contributed by atoms with Crippen LogP contribution in [0, 0.1) is 0 Å². The molecule has 0 N–H and O–H groups in total. The van der Waals surface area contributed by atoms with E-state index in [-0.39, 0.29) is 0 Å². The highest BCUT2D eigenvalue weighted by atomic mass is 14.9. The molecule has 104 valence electrons. The fraction of sp³-hybridized carbons (Fsp3) is 0. The monoisotopic (exact) mass is 284 g/mol. The summed E-state index contributed by atoms with van der Waals surface area (Å²) in [4.78, 5) is 17.4. The zero-order valence-corrected chi connectivity index (χ0v) is 11.7. The highest BCUT2D eigenvalue weighted by Crippen LogP contribution is 2.23. The Kier molecular flexibility index (Phi) is 3.05. The van der Waals surface area contributed by atoms with Crippen molar-refractivity contribution in [3.63, 3.8) is 0 Å². The van der Waals surface area contributed by atoms with Crippen LogP contribution in [-0.2, 0) is 0 Å². The van der Waals surface area contributed by atoms with Crippen LogP contribution in [0.2, 0.25) is 0 Å². The van der Waals surface area contributed by atoms with E-state index in [2.05, 4.69) is 38.1 Å². The smallest absolute Gasteiger partial charge is 0.178 e. The second kappa shape index (κ2) is 5.33. The van der Waals surface area contributed by atoms with Gasteiger partial charge in [0.2, 0.25) is 0 Å². The first kappa shape index (κ1) is 12.6. The summed E-state index contributed by atoms with van der Waals surface area (Å²) < 4.78 is 0. The highest BCUT2D eigenvalue weighted by Gasteiger charge is 2.06. The fourth-order valence-electron chi connectivity index (χ4n) is 2.38. The summed E-state index contributed by atoms with van der Waals surface area (Å²) in [5.41, 5.74) is 2.69. The largest absolute Gasteiger partial charge is 0.264 e. The van der Waals surface area contributed by atoms with Gasteiger partial charge in [0.25, 0.3) is 0 Å². The van der Waals surface area contributed by atoms with Crippen LogP contribution in [0.3, 0.4) is 0 Å². The number of hydrogen-bond acceptors (Lipinski definition) is 4. The van der Waals surface area contributed by atoms with Gasteiger partial charge in [0, 0.05) is 35.7 Å². The van der Waals surface area contributed by atoms with E-state index in [1.165, 1.54) is 0 Å². The summed E-state index contributed by atoms with van der Waals surface area (Å²) in [7, 11) is 0. The van der Waals surface area contributed by atoms with Crippen molar-refractivity contribution in [2.45, 2.75) is 0 Å². The predicted molar refractivity (Wildman–Crippen MR) is 86.0 cm³/mol. The molecular weight excluding hydrogens is 272 g/mol. The highest BCUT2D eigenvalue weighted by molar-refractivity contribution is 5.86. The van der Waals surface area contributed by atoms with E-state index in [0.717, 1.165) is 27.7 Å². The maximum Gasteiger partial charge on any atom is 0.178 e. The zero-order valence-electron chi connectivity index (χ0n) is 11.7. The fourth-order valence-corrected chi connectivity index (χ4v) is 2.38. The second-order valence-corrected chi connectivity index (χ2v) is 4.92. The average Bonchev–Trinajstić information content (AvgIpc) is 2.62. The minimum atomic E-state index is 0.629. The lowest BCUT2D eigenvalue weighted by Gasteiger charge is -2.05. The van der Waals surface area contributed by atoms with Crippen molar-refractivity contribution in [2.75, 3.05) is 0 Å². The number of fused-ring (bicyclic) bond motifs is 1. The first-order valence-electron chi connectivity index (χ1n) is 6.99. The van der Waals surface area contributed by atoms with Crippen molar-refractivity contribution in [3.8, 4) is 22.8 Å². The number of rotatable bonds is 2. The molecule has 0 atom stereocenters. The number of aromatic nitrogens is 4. The van der Waals surface area contributed by atoms with Gasteiger partial charge in [-0.25, -0.2) is 9.97 Å². The average molecular weight is 284 g/mol. The maximum absolute atomic E-state index is 4.63. The minimum absolute atomic E-state index is 0.629. The van der Waals surface area contributed by atoms with Crippen LogP contribution in [0.15, 0.2) is 73.3 Å². The van der Waals surface area contributed by atoms with E-state index in [1.54, 1.807) is 18.6 Å². The van der Waals surface area contributed by atoms with Crippen molar-refractivity contribution < 1.29 is 0 Å². The molecule has 0 amide bonds. The van der Waals surface area contributed by atoms with Crippen molar-refractivity contribution in [3.05, 3.63) is 73.3 Å². The van der Waals surface area contributed by atoms with Gasteiger partial charge < -0.3 is 0 Å². The summed E-state index contributed by atoms with van der Waals surface area (Å²) in [5, 5.41) is 2.26. The van der Waals surface area contributed by atoms with Gasteiger partial charge in [0.15, 0.2) is 5.82 Å². The van der Waals surface area contributed by atoms with E-state index < -0.39 is 0 Å². The Bertz CT molecular complexity index is 935. The van der Waals surface area contributed by atoms with Crippen molar-refractivity contribution >= 4 is 10.8 Å². The molecule has 4 nitrogen and oxygen atoms in total. The van der Waals surface area contributed by atoms with Crippen LogP contribution >= 0.6 is 0 Å². The minimum Gasteiger partial charge on any atom is -0.264 e. The van der Waals surface area contributed by atoms with Crippen molar-refractivity contribution in [1.29, 1.82) is 0 Å². The van der Waals surface area contributed by atoms with Gasteiger partial charge in [-0.1, -0.05) is 18.2 Å².